The maximum atomic E-state index is 9.65. The Morgan fingerprint density at radius 3 is 3.05 bits per heavy atom. The van der Waals surface area contributed by atoms with Gasteiger partial charge in [0.15, 0.2) is 0 Å². The second-order valence-electron chi connectivity index (χ2n) is 6.10. The van der Waals surface area contributed by atoms with Gasteiger partial charge in [-0.05, 0) is 44.4 Å². The summed E-state index contributed by atoms with van der Waals surface area (Å²) in [6, 6.07) is 6.44. The standard InChI is InChI=1S/C16H23NO2/c1-11-3-4-16-14(7-11)8-15(19-16)10-17-6-5-13(9-17)12(2)18/h3-4,7,12-13,15,18H,5-6,8-10H2,1-2H3. The zero-order valence-electron chi connectivity index (χ0n) is 11.8. The number of hydrogen-bond donors (Lipinski definition) is 1. The zero-order chi connectivity index (χ0) is 13.4. The number of aliphatic hydroxyl groups excluding tert-OH is 1. The van der Waals surface area contributed by atoms with Crippen LogP contribution in [0.3, 0.4) is 0 Å². The Bertz CT molecular complexity index is 458. The predicted molar refractivity (Wildman–Crippen MR) is 75.5 cm³/mol. The molecule has 2 aliphatic heterocycles. The number of aliphatic hydroxyl groups is 1. The summed E-state index contributed by atoms with van der Waals surface area (Å²) in [5, 5.41) is 9.65. The van der Waals surface area contributed by atoms with Crippen molar-refractivity contribution < 1.29 is 9.84 Å². The van der Waals surface area contributed by atoms with Crippen molar-refractivity contribution >= 4 is 0 Å². The number of fused-ring (bicyclic) bond motifs is 1. The fourth-order valence-corrected chi connectivity index (χ4v) is 3.26. The first-order valence-corrected chi connectivity index (χ1v) is 7.28. The molecule has 3 atom stereocenters. The number of ether oxygens (including phenoxy) is 1. The molecule has 3 heteroatoms. The Balaban J connectivity index is 1.56. The molecule has 1 saturated heterocycles. The first-order chi connectivity index (χ1) is 9.11. The summed E-state index contributed by atoms with van der Waals surface area (Å²) in [6.07, 6.45) is 2.22. The second-order valence-corrected chi connectivity index (χ2v) is 6.10. The molecule has 1 N–H and O–H groups in total. The summed E-state index contributed by atoms with van der Waals surface area (Å²) in [6.45, 7) is 7.11. The van der Waals surface area contributed by atoms with Crippen LogP contribution in [-0.4, -0.2) is 41.8 Å². The molecule has 3 rings (SSSR count). The van der Waals surface area contributed by atoms with Crippen molar-refractivity contribution in [2.75, 3.05) is 19.6 Å². The Hall–Kier alpha value is -1.06. The van der Waals surface area contributed by atoms with Crippen LogP contribution in [0.1, 0.15) is 24.5 Å². The van der Waals surface area contributed by atoms with Gasteiger partial charge in [0.05, 0.1) is 6.10 Å². The number of benzene rings is 1. The van der Waals surface area contributed by atoms with Crippen molar-refractivity contribution in [1.29, 1.82) is 0 Å². The average molecular weight is 261 g/mol. The van der Waals surface area contributed by atoms with Crippen molar-refractivity contribution in [3.8, 4) is 5.75 Å². The van der Waals surface area contributed by atoms with Crippen molar-refractivity contribution in [3.05, 3.63) is 29.3 Å². The molecule has 0 saturated carbocycles. The number of aryl methyl sites for hydroxylation is 1. The minimum Gasteiger partial charge on any atom is -0.488 e. The quantitative estimate of drug-likeness (QED) is 0.903. The van der Waals surface area contributed by atoms with Crippen molar-refractivity contribution in [3.63, 3.8) is 0 Å². The first-order valence-electron chi connectivity index (χ1n) is 7.28. The van der Waals surface area contributed by atoms with E-state index in [0.717, 1.165) is 38.2 Å². The second kappa shape index (κ2) is 5.14. The molecule has 3 unspecified atom stereocenters. The van der Waals surface area contributed by atoms with Gasteiger partial charge in [0.2, 0.25) is 0 Å². The van der Waals surface area contributed by atoms with E-state index in [0.29, 0.717) is 5.92 Å². The van der Waals surface area contributed by atoms with Crippen LogP contribution >= 0.6 is 0 Å². The maximum absolute atomic E-state index is 9.65. The van der Waals surface area contributed by atoms with Crippen LogP contribution in [0.5, 0.6) is 5.75 Å². The van der Waals surface area contributed by atoms with Crippen molar-refractivity contribution in [2.45, 2.75) is 38.9 Å². The summed E-state index contributed by atoms with van der Waals surface area (Å²) < 4.78 is 6.02. The first kappa shape index (κ1) is 12.9. The maximum Gasteiger partial charge on any atom is 0.123 e. The van der Waals surface area contributed by atoms with Gasteiger partial charge in [-0.15, -0.1) is 0 Å². The van der Waals surface area contributed by atoms with Gasteiger partial charge < -0.3 is 9.84 Å². The topological polar surface area (TPSA) is 32.7 Å². The summed E-state index contributed by atoms with van der Waals surface area (Å²) in [5.41, 5.74) is 2.65. The van der Waals surface area contributed by atoms with Crippen molar-refractivity contribution in [1.82, 2.24) is 4.90 Å². The Labute approximate surface area is 115 Å². The van der Waals surface area contributed by atoms with Gasteiger partial charge in [-0.2, -0.15) is 0 Å². The normalized spacial score (nSPS) is 28.2. The lowest BCUT2D eigenvalue weighted by Crippen LogP contribution is -2.34. The highest BCUT2D eigenvalue weighted by molar-refractivity contribution is 5.40. The van der Waals surface area contributed by atoms with E-state index in [1.807, 2.05) is 6.92 Å². The lowest BCUT2D eigenvalue weighted by molar-refractivity contribution is 0.118. The molecule has 0 radical (unpaired) electrons. The van der Waals surface area contributed by atoms with Gasteiger partial charge in [0, 0.05) is 19.5 Å². The molecule has 2 aliphatic rings. The van der Waals surface area contributed by atoms with Crippen LogP contribution < -0.4 is 4.74 Å². The molecule has 1 aromatic carbocycles. The number of likely N-dealkylation sites (tertiary alicyclic amines) is 1. The van der Waals surface area contributed by atoms with Gasteiger partial charge in [-0.1, -0.05) is 17.7 Å². The highest BCUT2D eigenvalue weighted by atomic mass is 16.5. The molecule has 0 aliphatic carbocycles. The van der Waals surface area contributed by atoms with E-state index in [4.69, 9.17) is 4.74 Å². The van der Waals surface area contributed by atoms with E-state index in [1.54, 1.807) is 0 Å². The van der Waals surface area contributed by atoms with E-state index in [9.17, 15) is 5.11 Å². The highest BCUT2D eigenvalue weighted by Crippen LogP contribution is 2.30. The highest BCUT2D eigenvalue weighted by Gasteiger charge is 2.30. The molecule has 2 heterocycles. The molecule has 0 aromatic heterocycles. The van der Waals surface area contributed by atoms with Gasteiger partial charge in [0.1, 0.15) is 11.9 Å². The summed E-state index contributed by atoms with van der Waals surface area (Å²) in [7, 11) is 0. The Morgan fingerprint density at radius 2 is 2.32 bits per heavy atom. The van der Waals surface area contributed by atoms with Crippen molar-refractivity contribution in [2.24, 2.45) is 5.92 Å². The molecular formula is C16H23NO2. The van der Waals surface area contributed by atoms with Crippen LogP contribution in [0.15, 0.2) is 18.2 Å². The molecule has 19 heavy (non-hydrogen) atoms. The third-order valence-electron chi connectivity index (χ3n) is 4.41. The third kappa shape index (κ3) is 2.77. The molecule has 0 bridgehead atoms. The smallest absolute Gasteiger partial charge is 0.123 e. The van der Waals surface area contributed by atoms with E-state index in [-0.39, 0.29) is 12.2 Å². The SMILES string of the molecule is Cc1ccc2c(c1)CC(CN1CCC(C(C)O)C1)O2. The van der Waals surface area contributed by atoms with Crippen LogP contribution in [0.2, 0.25) is 0 Å². The fourth-order valence-electron chi connectivity index (χ4n) is 3.26. The number of hydrogen-bond acceptors (Lipinski definition) is 3. The Kier molecular flexibility index (Phi) is 3.50. The van der Waals surface area contributed by atoms with Gasteiger partial charge in [0.25, 0.3) is 0 Å². The van der Waals surface area contributed by atoms with E-state index in [1.165, 1.54) is 11.1 Å². The average Bonchev–Trinajstić information content (AvgIpc) is 2.95. The van der Waals surface area contributed by atoms with E-state index < -0.39 is 0 Å². The fraction of sp³-hybridized carbons (Fsp3) is 0.625. The summed E-state index contributed by atoms with van der Waals surface area (Å²) >= 11 is 0. The largest absolute Gasteiger partial charge is 0.488 e. The molecule has 0 amide bonds. The van der Waals surface area contributed by atoms with Crippen LogP contribution in [0.25, 0.3) is 0 Å². The minimum atomic E-state index is -0.186. The lowest BCUT2D eigenvalue weighted by atomic mass is 10.0. The van der Waals surface area contributed by atoms with Gasteiger partial charge >= 0.3 is 0 Å². The van der Waals surface area contributed by atoms with E-state index >= 15 is 0 Å². The number of rotatable bonds is 3. The zero-order valence-corrected chi connectivity index (χ0v) is 11.8. The molecule has 1 aromatic rings. The predicted octanol–water partition coefficient (Wildman–Crippen LogP) is 2.00. The minimum absolute atomic E-state index is 0.186. The van der Waals surface area contributed by atoms with Gasteiger partial charge in [-0.25, -0.2) is 0 Å². The number of nitrogens with zero attached hydrogens (tertiary/aromatic N) is 1. The monoisotopic (exact) mass is 261 g/mol. The molecule has 0 spiro atoms. The third-order valence-corrected chi connectivity index (χ3v) is 4.41. The van der Waals surface area contributed by atoms with Crippen LogP contribution in [0, 0.1) is 12.8 Å². The Morgan fingerprint density at radius 1 is 1.47 bits per heavy atom. The van der Waals surface area contributed by atoms with Crippen LogP contribution in [0.4, 0.5) is 0 Å². The molecule has 1 fully saturated rings. The summed E-state index contributed by atoms with van der Waals surface area (Å²) in [5.74, 6) is 1.49. The lowest BCUT2D eigenvalue weighted by Gasteiger charge is -2.21. The molecule has 3 nitrogen and oxygen atoms in total. The van der Waals surface area contributed by atoms with Crippen LogP contribution in [-0.2, 0) is 6.42 Å². The van der Waals surface area contributed by atoms with E-state index in [2.05, 4.69) is 30.0 Å². The molecular weight excluding hydrogens is 238 g/mol. The summed E-state index contributed by atoms with van der Waals surface area (Å²) in [4.78, 5) is 2.43. The molecule has 104 valence electrons. The van der Waals surface area contributed by atoms with Gasteiger partial charge in [-0.3, -0.25) is 4.90 Å².